The molecule has 7 nitrogen and oxygen atoms in total. The van der Waals surface area contributed by atoms with Crippen LogP contribution >= 0.6 is 0 Å². The van der Waals surface area contributed by atoms with E-state index in [0.717, 1.165) is 37.9 Å². The van der Waals surface area contributed by atoms with Gasteiger partial charge in [0.05, 0.1) is 5.60 Å². The number of carbonyl (C=O) groups is 1. The largest absolute Gasteiger partial charge is 0.375 e. The minimum absolute atomic E-state index is 0.107. The third-order valence-corrected chi connectivity index (χ3v) is 5.97. The van der Waals surface area contributed by atoms with E-state index in [2.05, 4.69) is 15.1 Å². The van der Waals surface area contributed by atoms with Crippen LogP contribution < -0.4 is 0 Å². The predicted octanol–water partition coefficient (Wildman–Crippen LogP) is 3.37. The van der Waals surface area contributed by atoms with Crippen LogP contribution in [0.1, 0.15) is 67.7 Å². The maximum atomic E-state index is 13.9. The molecule has 156 valence electrons. The fourth-order valence-electron chi connectivity index (χ4n) is 4.31. The molecule has 4 rings (SSSR count). The van der Waals surface area contributed by atoms with Gasteiger partial charge in [-0.3, -0.25) is 4.79 Å². The number of ether oxygens (including phenoxy) is 1. The lowest BCUT2D eigenvalue weighted by Gasteiger charge is -2.46. The highest BCUT2D eigenvalue weighted by Crippen LogP contribution is 2.39. The molecule has 2 aliphatic rings. The molecule has 0 radical (unpaired) electrons. The van der Waals surface area contributed by atoms with Gasteiger partial charge in [0, 0.05) is 38.2 Å². The minimum atomic E-state index is -0.576. The molecule has 2 saturated heterocycles. The number of likely N-dealkylation sites (tertiary alicyclic amines) is 1. The molecular weight excluding hydrogens is 375 g/mol. The summed E-state index contributed by atoms with van der Waals surface area (Å²) in [6, 6.07) is 2.75. The standard InChI is InChI=1S/C21H27FN4O3/c1-14(2)19-24-17(25-29-19)12-15-5-11-28-21(13-15)6-9-26(10-7-21)20(27)18-16(22)4-3-8-23-18/h3-4,8,14-15H,5-7,9-13H2,1-2H3. The Balaban J connectivity index is 1.36. The molecule has 2 aromatic heterocycles. The summed E-state index contributed by atoms with van der Waals surface area (Å²) >= 11 is 0. The molecule has 0 aromatic carbocycles. The molecule has 0 N–H and O–H groups in total. The zero-order valence-electron chi connectivity index (χ0n) is 16.9. The van der Waals surface area contributed by atoms with Crippen molar-refractivity contribution in [3.05, 3.63) is 41.6 Å². The van der Waals surface area contributed by atoms with Crippen LogP contribution in [0.2, 0.25) is 0 Å². The summed E-state index contributed by atoms with van der Waals surface area (Å²) < 4.78 is 25.4. The number of pyridine rings is 1. The van der Waals surface area contributed by atoms with Crippen LogP contribution in [0.4, 0.5) is 4.39 Å². The van der Waals surface area contributed by atoms with Crippen LogP contribution in [0.3, 0.4) is 0 Å². The van der Waals surface area contributed by atoms with Gasteiger partial charge in [0.25, 0.3) is 5.91 Å². The van der Waals surface area contributed by atoms with Gasteiger partial charge >= 0.3 is 0 Å². The first-order valence-electron chi connectivity index (χ1n) is 10.3. The number of piperidine rings is 1. The zero-order chi connectivity index (χ0) is 20.4. The van der Waals surface area contributed by atoms with Crippen molar-refractivity contribution >= 4 is 5.91 Å². The Hall–Kier alpha value is -2.35. The number of nitrogens with zero attached hydrogens (tertiary/aromatic N) is 4. The molecule has 1 spiro atoms. The Morgan fingerprint density at radius 1 is 1.38 bits per heavy atom. The Morgan fingerprint density at radius 3 is 2.86 bits per heavy atom. The van der Waals surface area contributed by atoms with Crippen molar-refractivity contribution in [2.75, 3.05) is 19.7 Å². The van der Waals surface area contributed by atoms with Gasteiger partial charge < -0.3 is 14.2 Å². The number of amides is 1. The van der Waals surface area contributed by atoms with Crippen LogP contribution in [-0.2, 0) is 11.2 Å². The fraction of sp³-hybridized carbons (Fsp3) is 0.619. The zero-order valence-corrected chi connectivity index (χ0v) is 16.9. The number of rotatable bonds is 4. The van der Waals surface area contributed by atoms with Crippen molar-refractivity contribution in [1.29, 1.82) is 0 Å². The lowest BCUT2D eigenvalue weighted by atomic mass is 9.78. The Kier molecular flexibility index (Phi) is 5.63. The average Bonchev–Trinajstić information content (AvgIpc) is 3.17. The first kappa shape index (κ1) is 19.9. The smallest absolute Gasteiger partial charge is 0.275 e. The van der Waals surface area contributed by atoms with E-state index in [0.29, 0.717) is 31.5 Å². The molecule has 1 atom stereocenters. The van der Waals surface area contributed by atoms with E-state index in [1.165, 1.54) is 18.3 Å². The van der Waals surface area contributed by atoms with Gasteiger partial charge in [-0.1, -0.05) is 19.0 Å². The van der Waals surface area contributed by atoms with Crippen LogP contribution in [0.15, 0.2) is 22.9 Å². The van der Waals surface area contributed by atoms with Gasteiger partial charge in [0.1, 0.15) is 0 Å². The highest BCUT2D eigenvalue weighted by atomic mass is 19.1. The lowest BCUT2D eigenvalue weighted by Crippen LogP contribution is -2.51. The van der Waals surface area contributed by atoms with E-state index in [9.17, 15) is 9.18 Å². The minimum Gasteiger partial charge on any atom is -0.375 e. The summed E-state index contributed by atoms with van der Waals surface area (Å²) in [5.41, 5.74) is -0.337. The van der Waals surface area contributed by atoms with E-state index >= 15 is 0 Å². The van der Waals surface area contributed by atoms with Gasteiger partial charge in [-0.05, 0) is 43.7 Å². The van der Waals surface area contributed by atoms with Crippen LogP contribution in [0, 0.1) is 11.7 Å². The SMILES string of the molecule is CC(C)c1nc(CC2CCOC3(CCN(C(=O)c4ncccc4F)CC3)C2)no1. The highest BCUT2D eigenvalue weighted by molar-refractivity contribution is 5.92. The van der Waals surface area contributed by atoms with Crippen molar-refractivity contribution in [2.24, 2.45) is 5.92 Å². The Bertz CT molecular complexity index is 861. The molecule has 2 aliphatic heterocycles. The van der Waals surface area contributed by atoms with E-state index < -0.39 is 5.82 Å². The first-order valence-corrected chi connectivity index (χ1v) is 10.3. The molecule has 0 bridgehead atoms. The maximum absolute atomic E-state index is 13.9. The molecule has 1 unspecified atom stereocenters. The van der Waals surface area contributed by atoms with Crippen LogP contribution in [-0.4, -0.2) is 51.2 Å². The second-order valence-electron chi connectivity index (χ2n) is 8.42. The number of hydrogen-bond donors (Lipinski definition) is 0. The third kappa shape index (κ3) is 4.32. The van der Waals surface area contributed by atoms with Gasteiger partial charge in [0.15, 0.2) is 17.3 Å². The summed E-state index contributed by atoms with van der Waals surface area (Å²) in [5, 5.41) is 4.12. The summed E-state index contributed by atoms with van der Waals surface area (Å²) in [4.78, 5) is 22.7. The number of carbonyl (C=O) groups excluding carboxylic acids is 1. The molecular formula is C21H27FN4O3. The molecule has 29 heavy (non-hydrogen) atoms. The normalized spacial score (nSPS) is 21.7. The van der Waals surface area contributed by atoms with Gasteiger partial charge in [-0.2, -0.15) is 4.98 Å². The Morgan fingerprint density at radius 2 is 2.17 bits per heavy atom. The van der Waals surface area contributed by atoms with Gasteiger partial charge in [-0.15, -0.1) is 0 Å². The van der Waals surface area contributed by atoms with Crippen LogP contribution in [0.5, 0.6) is 0 Å². The molecule has 2 fully saturated rings. The summed E-state index contributed by atoms with van der Waals surface area (Å²) in [6.45, 7) is 5.85. The average molecular weight is 402 g/mol. The third-order valence-electron chi connectivity index (χ3n) is 5.97. The second kappa shape index (κ2) is 8.18. The number of halogens is 1. The summed E-state index contributed by atoms with van der Waals surface area (Å²) in [6.07, 6.45) is 5.59. The van der Waals surface area contributed by atoms with Crippen molar-refractivity contribution in [1.82, 2.24) is 20.0 Å². The van der Waals surface area contributed by atoms with Crippen molar-refractivity contribution in [2.45, 2.75) is 57.5 Å². The highest BCUT2D eigenvalue weighted by Gasteiger charge is 2.41. The van der Waals surface area contributed by atoms with Crippen molar-refractivity contribution in [3.63, 3.8) is 0 Å². The topological polar surface area (TPSA) is 81.4 Å². The molecule has 0 aliphatic carbocycles. The quantitative estimate of drug-likeness (QED) is 0.780. The lowest BCUT2D eigenvalue weighted by molar-refractivity contribution is -0.123. The molecule has 0 saturated carbocycles. The number of hydrogen-bond acceptors (Lipinski definition) is 6. The van der Waals surface area contributed by atoms with E-state index in [-0.39, 0.29) is 23.1 Å². The molecule has 2 aromatic rings. The summed E-state index contributed by atoms with van der Waals surface area (Å²) in [5.74, 6) is 1.16. The fourth-order valence-corrected chi connectivity index (χ4v) is 4.31. The van der Waals surface area contributed by atoms with Gasteiger partial charge in [-0.25, -0.2) is 9.37 Å². The molecule has 8 heteroatoms. The van der Waals surface area contributed by atoms with E-state index in [1.807, 2.05) is 13.8 Å². The maximum Gasteiger partial charge on any atom is 0.275 e. The first-order chi connectivity index (χ1) is 14.0. The monoisotopic (exact) mass is 402 g/mol. The molecule has 4 heterocycles. The molecule has 1 amide bonds. The van der Waals surface area contributed by atoms with E-state index in [4.69, 9.17) is 9.26 Å². The number of aromatic nitrogens is 3. The summed E-state index contributed by atoms with van der Waals surface area (Å²) in [7, 11) is 0. The second-order valence-corrected chi connectivity index (χ2v) is 8.42. The van der Waals surface area contributed by atoms with E-state index in [1.54, 1.807) is 4.90 Å². The van der Waals surface area contributed by atoms with Crippen molar-refractivity contribution in [3.8, 4) is 0 Å². The van der Waals surface area contributed by atoms with Crippen LogP contribution in [0.25, 0.3) is 0 Å². The predicted molar refractivity (Wildman–Crippen MR) is 103 cm³/mol. The Labute approximate surface area is 169 Å². The van der Waals surface area contributed by atoms with Crippen molar-refractivity contribution < 1.29 is 18.4 Å². The van der Waals surface area contributed by atoms with Gasteiger partial charge in [0.2, 0.25) is 5.89 Å².